The summed E-state index contributed by atoms with van der Waals surface area (Å²) < 4.78 is 54.9. The summed E-state index contributed by atoms with van der Waals surface area (Å²) in [6.07, 6.45) is -4.64. The van der Waals surface area contributed by atoms with E-state index in [-0.39, 0.29) is 12.5 Å². The zero-order chi connectivity index (χ0) is 20.3. The second kappa shape index (κ2) is 8.09. The van der Waals surface area contributed by atoms with Crippen LogP contribution in [0.15, 0.2) is 30.5 Å². The number of halogens is 3. The number of aliphatic hydroxyl groups excluding tert-OH is 1. The second-order valence-electron chi connectivity index (χ2n) is 6.21. The van der Waals surface area contributed by atoms with Crippen molar-refractivity contribution in [2.24, 2.45) is 0 Å². The predicted octanol–water partition coefficient (Wildman–Crippen LogP) is 2.53. The molecule has 1 N–H and O–H groups in total. The minimum atomic E-state index is -4.55. The number of benzene rings is 1. The van der Waals surface area contributed by atoms with Crippen LogP contribution in [0.2, 0.25) is 0 Å². The first kappa shape index (κ1) is 20.0. The quantitative estimate of drug-likeness (QED) is 0.828. The summed E-state index contributed by atoms with van der Waals surface area (Å²) in [5, 5.41) is 10.3. The maximum absolute atomic E-state index is 12.9. The van der Waals surface area contributed by atoms with Gasteiger partial charge in [-0.3, -0.25) is 0 Å². The number of rotatable bonds is 5. The SMILES string of the molecule is COc1ccc(O[C@@H]2CN(c3nccc(C(F)(F)F)n3)CC[C@H]2O)cc1OC. The molecule has 1 aliphatic heterocycles. The summed E-state index contributed by atoms with van der Waals surface area (Å²) >= 11 is 0. The molecule has 0 saturated carbocycles. The summed E-state index contributed by atoms with van der Waals surface area (Å²) in [7, 11) is 3.00. The average molecular weight is 399 g/mol. The first-order chi connectivity index (χ1) is 13.3. The van der Waals surface area contributed by atoms with Crippen molar-refractivity contribution in [3.63, 3.8) is 0 Å². The van der Waals surface area contributed by atoms with Crippen LogP contribution in [0.3, 0.4) is 0 Å². The van der Waals surface area contributed by atoms with Crippen LogP contribution >= 0.6 is 0 Å². The molecular formula is C18H20F3N3O4. The normalized spacial score (nSPS) is 20.0. The molecule has 1 aromatic carbocycles. The van der Waals surface area contributed by atoms with E-state index < -0.39 is 24.1 Å². The lowest BCUT2D eigenvalue weighted by molar-refractivity contribution is -0.141. The van der Waals surface area contributed by atoms with Crippen molar-refractivity contribution < 1.29 is 32.5 Å². The molecule has 0 radical (unpaired) electrons. The number of ether oxygens (including phenoxy) is 3. The van der Waals surface area contributed by atoms with E-state index in [4.69, 9.17) is 14.2 Å². The molecule has 3 rings (SSSR count). The number of aliphatic hydroxyl groups is 1. The Bertz CT molecular complexity index is 819. The Morgan fingerprint density at radius 3 is 2.57 bits per heavy atom. The highest BCUT2D eigenvalue weighted by atomic mass is 19.4. The van der Waals surface area contributed by atoms with Crippen LogP contribution < -0.4 is 19.1 Å². The van der Waals surface area contributed by atoms with Crippen LogP contribution in [0.4, 0.5) is 19.1 Å². The molecule has 1 aromatic heterocycles. The van der Waals surface area contributed by atoms with Crippen LogP contribution in [0.1, 0.15) is 12.1 Å². The largest absolute Gasteiger partial charge is 0.493 e. The highest BCUT2D eigenvalue weighted by molar-refractivity contribution is 5.45. The van der Waals surface area contributed by atoms with E-state index in [2.05, 4.69) is 9.97 Å². The number of nitrogens with zero attached hydrogens (tertiary/aromatic N) is 3. The molecule has 0 aliphatic carbocycles. The third kappa shape index (κ3) is 4.38. The first-order valence-electron chi connectivity index (χ1n) is 8.53. The van der Waals surface area contributed by atoms with Crippen molar-refractivity contribution in [1.29, 1.82) is 0 Å². The summed E-state index contributed by atoms with van der Waals surface area (Å²) in [6, 6.07) is 5.76. The van der Waals surface area contributed by atoms with E-state index in [1.807, 2.05) is 0 Å². The van der Waals surface area contributed by atoms with Crippen LogP contribution in [0.5, 0.6) is 17.2 Å². The highest BCUT2D eigenvalue weighted by Gasteiger charge is 2.35. The fraction of sp³-hybridized carbons (Fsp3) is 0.444. The molecule has 0 unspecified atom stereocenters. The van der Waals surface area contributed by atoms with Crippen LogP contribution in [-0.2, 0) is 6.18 Å². The fourth-order valence-electron chi connectivity index (χ4n) is 2.92. The Kier molecular flexibility index (Phi) is 5.78. The lowest BCUT2D eigenvalue weighted by Crippen LogP contribution is -2.50. The Balaban J connectivity index is 1.76. The van der Waals surface area contributed by atoms with E-state index in [1.165, 1.54) is 14.2 Å². The highest BCUT2D eigenvalue weighted by Crippen LogP contribution is 2.33. The number of aromatic nitrogens is 2. The van der Waals surface area contributed by atoms with Crippen molar-refractivity contribution in [1.82, 2.24) is 9.97 Å². The van der Waals surface area contributed by atoms with Crippen LogP contribution in [0.25, 0.3) is 0 Å². The standard InChI is InChI=1S/C18H20F3N3O4/c1-26-13-4-3-11(9-14(13)27-2)28-15-10-24(8-6-12(15)25)17-22-7-5-16(23-17)18(19,20)21/h3-5,7,9,12,15,25H,6,8,10H2,1-2H3/t12-,15-/m1/s1. The topological polar surface area (TPSA) is 76.9 Å². The van der Waals surface area contributed by atoms with Crippen LogP contribution in [0, 0.1) is 0 Å². The molecule has 152 valence electrons. The molecule has 1 fully saturated rings. The van der Waals surface area contributed by atoms with Crippen molar-refractivity contribution in [2.75, 3.05) is 32.2 Å². The molecule has 2 atom stereocenters. The molecule has 7 nitrogen and oxygen atoms in total. The van der Waals surface area contributed by atoms with Gasteiger partial charge in [-0.1, -0.05) is 0 Å². The van der Waals surface area contributed by atoms with Gasteiger partial charge in [-0.05, 0) is 24.6 Å². The summed E-state index contributed by atoms with van der Waals surface area (Å²) in [6.45, 7) is 0.449. The van der Waals surface area contributed by atoms with Gasteiger partial charge in [0, 0.05) is 18.8 Å². The van der Waals surface area contributed by atoms with Crippen molar-refractivity contribution in [2.45, 2.75) is 24.8 Å². The van der Waals surface area contributed by atoms with Gasteiger partial charge in [-0.2, -0.15) is 13.2 Å². The summed E-state index contributed by atoms with van der Waals surface area (Å²) in [5.41, 5.74) is -1.01. The zero-order valence-electron chi connectivity index (χ0n) is 15.3. The molecular weight excluding hydrogens is 379 g/mol. The number of hydrogen-bond donors (Lipinski definition) is 1. The molecule has 0 amide bonds. The van der Waals surface area contributed by atoms with E-state index in [1.54, 1.807) is 23.1 Å². The van der Waals surface area contributed by atoms with Gasteiger partial charge in [0.05, 0.1) is 26.9 Å². The number of methoxy groups -OCH3 is 2. The van der Waals surface area contributed by atoms with Gasteiger partial charge in [-0.25, -0.2) is 9.97 Å². The number of hydrogen-bond acceptors (Lipinski definition) is 7. The minimum absolute atomic E-state index is 0.0531. The molecule has 28 heavy (non-hydrogen) atoms. The second-order valence-corrected chi connectivity index (χ2v) is 6.21. The number of piperidine rings is 1. The van der Waals surface area contributed by atoms with Gasteiger partial charge in [0.15, 0.2) is 11.5 Å². The van der Waals surface area contributed by atoms with Crippen LogP contribution in [-0.4, -0.2) is 54.6 Å². The average Bonchev–Trinajstić information content (AvgIpc) is 2.69. The van der Waals surface area contributed by atoms with Gasteiger partial charge in [-0.15, -0.1) is 0 Å². The number of alkyl halides is 3. The maximum Gasteiger partial charge on any atom is 0.433 e. The lowest BCUT2D eigenvalue weighted by Gasteiger charge is -2.36. The van der Waals surface area contributed by atoms with Crippen molar-refractivity contribution >= 4 is 5.95 Å². The van der Waals surface area contributed by atoms with Gasteiger partial charge >= 0.3 is 6.18 Å². The Morgan fingerprint density at radius 2 is 1.89 bits per heavy atom. The predicted molar refractivity (Wildman–Crippen MR) is 93.8 cm³/mol. The summed E-state index contributed by atoms with van der Waals surface area (Å²) in [4.78, 5) is 9.10. The molecule has 1 saturated heterocycles. The van der Waals surface area contributed by atoms with E-state index in [0.29, 0.717) is 30.2 Å². The lowest BCUT2D eigenvalue weighted by atomic mass is 10.1. The summed E-state index contributed by atoms with van der Waals surface area (Å²) in [5.74, 6) is 1.37. The third-order valence-electron chi connectivity index (χ3n) is 4.38. The van der Waals surface area contributed by atoms with Crippen molar-refractivity contribution in [3.8, 4) is 17.2 Å². The van der Waals surface area contributed by atoms with E-state index in [9.17, 15) is 18.3 Å². The molecule has 2 heterocycles. The molecule has 10 heteroatoms. The molecule has 1 aliphatic rings. The number of anilines is 1. The molecule has 0 spiro atoms. The zero-order valence-corrected chi connectivity index (χ0v) is 15.3. The fourth-order valence-corrected chi connectivity index (χ4v) is 2.92. The van der Waals surface area contributed by atoms with Crippen molar-refractivity contribution in [3.05, 3.63) is 36.2 Å². The molecule has 2 aromatic rings. The molecule has 0 bridgehead atoms. The monoisotopic (exact) mass is 399 g/mol. The van der Waals surface area contributed by atoms with Gasteiger partial charge in [0.2, 0.25) is 5.95 Å². The van der Waals surface area contributed by atoms with E-state index in [0.717, 1.165) is 12.3 Å². The smallest absolute Gasteiger partial charge is 0.433 e. The maximum atomic E-state index is 12.9. The Hall–Kier alpha value is -2.75. The minimum Gasteiger partial charge on any atom is -0.493 e. The van der Waals surface area contributed by atoms with Gasteiger partial charge in [0.25, 0.3) is 0 Å². The third-order valence-corrected chi connectivity index (χ3v) is 4.38. The van der Waals surface area contributed by atoms with Gasteiger partial charge in [0.1, 0.15) is 17.5 Å². The Morgan fingerprint density at radius 1 is 1.14 bits per heavy atom. The van der Waals surface area contributed by atoms with E-state index >= 15 is 0 Å². The first-order valence-corrected chi connectivity index (χ1v) is 8.53. The van der Waals surface area contributed by atoms with Gasteiger partial charge < -0.3 is 24.2 Å². The Labute approximate surface area is 159 Å².